The Morgan fingerprint density at radius 3 is 2.53 bits per heavy atom. The SMILES string of the molecule is CCN(CC)CC(=O)Nc1ccc(Cl)cc1C. The minimum atomic E-state index is 0.0131. The van der Waals surface area contributed by atoms with Gasteiger partial charge in [0.05, 0.1) is 6.54 Å². The van der Waals surface area contributed by atoms with Crippen molar-refractivity contribution in [2.75, 3.05) is 25.0 Å². The lowest BCUT2D eigenvalue weighted by Crippen LogP contribution is -2.33. The first kappa shape index (κ1) is 14.0. The molecule has 0 aliphatic heterocycles. The van der Waals surface area contributed by atoms with Crippen LogP contribution in [0.4, 0.5) is 5.69 Å². The molecule has 17 heavy (non-hydrogen) atoms. The Balaban J connectivity index is 2.62. The number of benzene rings is 1. The molecular formula is C13H19ClN2O. The molecule has 1 rings (SSSR count). The van der Waals surface area contributed by atoms with E-state index in [2.05, 4.69) is 10.2 Å². The van der Waals surface area contributed by atoms with E-state index in [0.29, 0.717) is 11.6 Å². The van der Waals surface area contributed by atoms with Crippen LogP contribution in [0.15, 0.2) is 18.2 Å². The van der Waals surface area contributed by atoms with E-state index >= 15 is 0 Å². The fourth-order valence-electron chi connectivity index (χ4n) is 1.61. The van der Waals surface area contributed by atoms with Crippen LogP contribution in [0, 0.1) is 6.92 Å². The van der Waals surface area contributed by atoms with Gasteiger partial charge in [-0.2, -0.15) is 0 Å². The van der Waals surface area contributed by atoms with Gasteiger partial charge in [0.1, 0.15) is 0 Å². The number of likely N-dealkylation sites (N-methyl/N-ethyl adjacent to an activating group) is 1. The predicted octanol–water partition coefficient (Wildman–Crippen LogP) is 2.93. The van der Waals surface area contributed by atoms with E-state index in [4.69, 9.17) is 11.6 Å². The number of anilines is 1. The number of carbonyl (C=O) groups is 1. The minimum absolute atomic E-state index is 0.0131. The van der Waals surface area contributed by atoms with Crippen molar-refractivity contribution in [2.24, 2.45) is 0 Å². The first-order chi connectivity index (χ1) is 8.06. The molecule has 94 valence electrons. The van der Waals surface area contributed by atoms with Crippen LogP contribution in [0.1, 0.15) is 19.4 Å². The van der Waals surface area contributed by atoms with Gasteiger partial charge >= 0.3 is 0 Å². The zero-order valence-corrected chi connectivity index (χ0v) is 11.3. The van der Waals surface area contributed by atoms with Gasteiger partial charge in [-0.05, 0) is 43.8 Å². The van der Waals surface area contributed by atoms with Gasteiger partial charge in [-0.15, -0.1) is 0 Å². The largest absolute Gasteiger partial charge is 0.325 e. The molecule has 0 aromatic heterocycles. The maximum absolute atomic E-state index is 11.8. The van der Waals surface area contributed by atoms with E-state index in [0.717, 1.165) is 24.3 Å². The van der Waals surface area contributed by atoms with Gasteiger partial charge in [0, 0.05) is 10.7 Å². The van der Waals surface area contributed by atoms with E-state index in [-0.39, 0.29) is 5.91 Å². The van der Waals surface area contributed by atoms with E-state index in [9.17, 15) is 4.79 Å². The first-order valence-electron chi connectivity index (χ1n) is 5.85. The summed E-state index contributed by atoms with van der Waals surface area (Å²) in [7, 11) is 0. The molecule has 0 saturated heterocycles. The van der Waals surface area contributed by atoms with Crippen molar-refractivity contribution < 1.29 is 4.79 Å². The Morgan fingerprint density at radius 1 is 1.35 bits per heavy atom. The monoisotopic (exact) mass is 254 g/mol. The van der Waals surface area contributed by atoms with Crippen LogP contribution < -0.4 is 5.32 Å². The Kier molecular flexibility index (Phi) is 5.45. The fraction of sp³-hybridized carbons (Fsp3) is 0.462. The summed E-state index contributed by atoms with van der Waals surface area (Å²) >= 11 is 5.86. The second-order valence-electron chi connectivity index (χ2n) is 3.97. The summed E-state index contributed by atoms with van der Waals surface area (Å²) in [6.45, 7) is 8.20. The molecule has 1 N–H and O–H groups in total. The fourth-order valence-corrected chi connectivity index (χ4v) is 1.83. The highest BCUT2D eigenvalue weighted by Crippen LogP contribution is 2.19. The van der Waals surface area contributed by atoms with E-state index in [1.807, 2.05) is 32.9 Å². The number of nitrogens with zero attached hydrogens (tertiary/aromatic N) is 1. The van der Waals surface area contributed by atoms with Crippen LogP contribution in [0.3, 0.4) is 0 Å². The van der Waals surface area contributed by atoms with Crippen LogP contribution in [-0.4, -0.2) is 30.4 Å². The van der Waals surface area contributed by atoms with E-state index < -0.39 is 0 Å². The number of carbonyl (C=O) groups excluding carboxylic acids is 1. The summed E-state index contributed by atoms with van der Waals surface area (Å²) in [5.74, 6) is 0.0131. The maximum atomic E-state index is 11.8. The Labute approximate surface area is 108 Å². The first-order valence-corrected chi connectivity index (χ1v) is 6.23. The van der Waals surface area contributed by atoms with E-state index in [1.54, 1.807) is 6.07 Å². The van der Waals surface area contributed by atoms with Gasteiger partial charge in [0.15, 0.2) is 0 Å². The Bertz CT molecular complexity index is 389. The number of rotatable bonds is 5. The maximum Gasteiger partial charge on any atom is 0.238 e. The number of halogens is 1. The van der Waals surface area contributed by atoms with Gasteiger partial charge in [0.2, 0.25) is 5.91 Å². The van der Waals surface area contributed by atoms with Gasteiger partial charge in [-0.3, -0.25) is 9.69 Å². The molecular weight excluding hydrogens is 236 g/mol. The molecule has 3 nitrogen and oxygen atoms in total. The van der Waals surface area contributed by atoms with Crippen LogP contribution in [-0.2, 0) is 4.79 Å². The lowest BCUT2D eigenvalue weighted by Gasteiger charge is -2.17. The highest BCUT2D eigenvalue weighted by molar-refractivity contribution is 6.30. The predicted molar refractivity (Wildman–Crippen MR) is 72.6 cm³/mol. The molecule has 0 aliphatic carbocycles. The normalized spacial score (nSPS) is 10.6. The summed E-state index contributed by atoms with van der Waals surface area (Å²) in [6, 6.07) is 5.45. The molecule has 1 aromatic carbocycles. The molecule has 0 aliphatic rings. The molecule has 0 spiro atoms. The van der Waals surface area contributed by atoms with Crippen molar-refractivity contribution in [1.82, 2.24) is 4.90 Å². The molecule has 0 unspecified atom stereocenters. The molecule has 0 bridgehead atoms. The second-order valence-corrected chi connectivity index (χ2v) is 4.41. The van der Waals surface area contributed by atoms with Crippen molar-refractivity contribution in [3.05, 3.63) is 28.8 Å². The Morgan fingerprint density at radius 2 is 2.00 bits per heavy atom. The summed E-state index contributed by atoms with van der Waals surface area (Å²) in [5, 5.41) is 3.58. The minimum Gasteiger partial charge on any atom is -0.325 e. The smallest absolute Gasteiger partial charge is 0.238 e. The zero-order valence-electron chi connectivity index (χ0n) is 10.6. The molecule has 0 fully saturated rings. The standard InChI is InChI=1S/C13H19ClN2O/c1-4-16(5-2)9-13(17)15-12-7-6-11(14)8-10(12)3/h6-8H,4-5,9H2,1-3H3,(H,15,17). The van der Waals surface area contributed by atoms with Gasteiger partial charge in [0.25, 0.3) is 0 Å². The highest BCUT2D eigenvalue weighted by Gasteiger charge is 2.08. The third-order valence-electron chi connectivity index (χ3n) is 2.72. The number of amides is 1. The molecule has 1 amide bonds. The number of hydrogen-bond acceptors (Lipinski definition) is 2. The summed E-state index contributed by atoms with van der Waals surface area (Å²) in [6.07, 6.45) is 0. The van der Waals surface area contributed by atoms with Gasteiger partial charge < -0.3 is 5.32 Å². The van der Waals surface area contributed by atoms with Gasteiger partial charge in [-0.25, -0.2) is 0 Å². The van der Waals surface area contributed by atoms with Crippen molar-refractivity contribution in [1.29, 1.82) is 0 Å². The summed E-state index contributed by atoms with van der Waals surface area (Å²) in [4.78, 5) is 13.9. The lowest BCUT2D eigenvalue weighted by molar-refractivity contribution is -0.117. The van der Waals surface area contributed by atoms with Crippen LogP contribution in [0.2, 0.25) is 5.02 Å². The second kappa shape index (κ2) is 6.62. The molecule has 0 atom stereocenters. The lowest BCUT2D eigenvalue weighted by atomic mass is 10.2. The highest BCUT2D eigenvalue weighted by atomic mass is 35.5. The van der Waals surface area contributed by atoms with Crippen molar-refractivity contribution in [2.45, 2.75) is 20.8 Å². The van der Waals surface area contributed by atoms with Crippen LogP contribution >= 0.6 is 11.6 Å². The van der Waals surface area contributed by atoms with Crippen molar-refractivity contribution >= 4 is 23.2 Å². The molecule has 4 heteroatoms. The van der Waals surface area contributed by atoms with E-state index in [1.165, 1.54) is 0 Å². The summed E-state index contributed by atoms with van der Waals surface area (Å²) < 4.78 is 0. The zero-order chi connectivity index (χ0) is 12.8. The summed E-state index contributed by atoms with van der Waals surface area (Å²) in [5.41, 5.74) is 1.80. The molecule has 0 radical (unpaired) electrons. The molecule has 0 heterocycles. The van der Waals surface area contributed by atoms with Crippen molar-refractivity contribution in [3.8, 4) is 0 Å². The third kappa shape index (κ3) is 4.36. The van der Waals surface area contributed by atoms with Crippen LogP contribution in [0.5, 0.6) is 0 Å². The van der Waals surface area contributed by atoms with Gasteiger partial charge in [-0.1, -0.05) is 25.4 Å². The number of hydrogen-bond donors (Lipinski definition) is 1. The topological polar surface area (TPSA) is 32.3 Å². The van der Waals surface area contributed by atoms with Crippen LogP contribution in [0.25, 0.3) is 0 Å². The Hall–Kier alpha value is -1.06. The number of nitrogens with one attached hydrogen (secondary N) is 1. The van der Waals surface area contributed by atoms with Crippen molar-refractivity contribution in [3.63, 3.8) is 0 Å². The quantitative estimate of drug-likeness (QED) is 0.876. The molecule has 0 saturated carbocycles. The number of aryl methyl sites for hydroxylation is 1. The average molecular weight is 255 g/mol. The average Bonchev–Trinajstić information content (AvgIpc) is 2.29. The molecule has 1 aromatic rings. The third-order valence-corrected chi connectivity index (χ3v) is 2.96.